The quantitative estimate of drug-likeness (QED) is 0.221. The molecule has 0 N–H and O–H groups in total. The van der Waals surface area contributed by atoms with Crippen LogP contribution in [-0.2, 0) is 14.4 Å². The second-order valence-corrected chi connectivity index (χ2v) is 4.71. The predicted octanol–water partition coefficient (Wildman–Crippen LogP) is 4.29. The van der Waals surface area contributed by atoms with Crippen molar-refractivity contribution < 1.29 is 32.3 Å². The average molecular weight is 339 g/mol. The smallest absolute Gasteiger partial charge is 0.437 e. The molecule has 0 saturated heterocycles. The first-order chi connectivity index (χ1) is 10.5. The van der Waals surface area contributed by atoms with Gasteiger partial charge in [0.2, 0.25) is 0 Å². The Kier molecular flexibility index (Phi) is 8.07. The molecule has 0 saturated carbocycles. The van der Waals surface area contributed by atoms with Crippen LogP contribution in [0.1, 0.15) is 25.8 Å². The Hall–Kier alpha value is -1.45. The molecule has 5 nitrogen and oxygen atoms in total. The van der Waals surface area contributed by atoms with Gasteiger partial charge in [-0.1, -0.05) is 6.92 Å². The molecule has 0 spiro atoms. The summed E-state index contributed by atoms with van der Waals surface area (Å²) < 4.78 is 48.4. The molecule has 0 aromatic heterocycles. The van der Waals surface area contributed by atoms with Gasteiger partial charge in [-0.3, -0.25) is 0 Å². The van der Waals surface area contributed by atoms with E-state index in [1.807, 2.05) is 6.92 Å². The maximum absolute atomic E-state index is 12.9. The van der Waals surface area contributed by atoms with Gasteiger partial charge in [-0.05, 0) is 42.8 Å². The van der Waals surface area contributed by atoms with Gasteiger partial charge in [-0.2, -0.15) is 18.2 Å². The molecule has 0 aliphatic rings. The number of oxime groups is 1. The monoisotopic (exact) mass is 339 g/mol. The van der Waals surface area contributed by atoms with Crippen LogP contribution >= 0.6 is 12.0 Å². The minimum absolute atomic E-state index is 0.180. The van der Waals surface area contributed by atoms with Crippen molar-refractivity contribution in [2.45, 2.75) is 26.4 Å². The molecule has 0 amide bonds. The molecular formula is C13H16F3NO4S. The summed E-state index contributed by atoms with van der Waals surface area (Å²) in [6, 6.07) is 5.28. The fourth-order valence-electron chi connectivity index (χ4n) is 1.35. The molecule has 124 valence electrons. The third kappa shape index (κ3) is 6.54. The molecule has 0 bridgehead atoms. The zero-order valence-electron chi connectivity index (χ0n) is 12.1. The van der Waals surface area contributed by atoms with Gasteiger partial charge in [0.1, 0.15) is 5.75 Å². The Labute approximate surface area is 130 Å². The highest BCUT2D eigenvalue weighted by molar-refractivity contribution is 7.94. The van der Waals surface area contributed by atoms with Crippen LogP contribution < -0.4 is 4.74 Å². The number of ether oxygens (including phenoxy) is 1. The molecule has 0 heterocycles. The standard InChI is InChI=1S/C13H16F3NO4S/c1-3-9-22-21-20-19-17-12(13(14,15)16)10-5-7-11(8-6-10)18-4-2/h5-8H,3-4,9H2,1-2H3/b17-12-. The lowest BCUT2D eigenvalue weighted by Gasteiger charge is -2.10. The van der Waals surface area contributed by atoms with Gasteiger partial charge >= 0.3 is 6.18 Å². The van der Waals surface area contributed by atoms with E-state index in [4.69, 9.17) is 4.74 Å². The third-order valence-corrected chi connectivity index (χ3v) is 2.96. The summed E-state index contributed by atoms with van der Waals surface area (Å²) in [6.45, 7) is 4.10. The summed E-state index contributed by atoms with van der Waals surface area (Å²) in [7, 11) is 0. The predicted molar refractivity (Wildman–Crippen MR) is 76.2 cm³/mol. The Morgan fingerprint density at radius 3 is 2.41 bits per heavy atom. The molecule has 9 heteroatoms. The number of nitrogens with zero attached hydrogens (tertiary/aromatic N) is 1. The largest absolute Gasteiger partial charge is 0.494 e. The summed E-state index contributed by atoms with van der Waals surface area (Å²) in [5.41, 5.74) is -1.42. The minimum atomic E-state index is -4.70. The van der Waals surface area contributed by atoms with Crippen LogP contribution in [-0.4, -0.2) is 24.2 Å². The number of alkyl halides is 3. The van der Waals surface area contributed by atoms with E-state index < -0.39 is 11.9 Å². The highest BCUT2D eigenvalue weighted by Gasteiger charge is 2.38. The van der Waals surface area contributed by atoms with Crippen molar-refractivity contribution in [3.63, 3.8) is 0 Å². The Bertz CT molecular complexity index is 465. The van der Waals surface area contributed by atoms with Gasteiger partial charge in [-0.25, -0.2) is 0 Å². The Morgan fingerprint density at radius 2 is 1.86 bits per heavy atom. The molecule has 0 aliphatic heterocycles. The number of halogens is 3. The summed E-state index contributed by atoms with van der Waals surface area (Å²) in [5, 5.41) is 7.02. The zero-order chi connectivity index (χ0) is 16.4. The van der Waals surface area contributed by atoms with Crippen LogP contribution in [0.2, 0.25) is 0 Å². The van der Waals surface area contributed by atoms with Crippen LogP contribution in [0.4, 0.5) is 13.2 Å². The topological polar surface area (TPSA) is 49.3 Å². The Morgan fingerprint density at radius 1 is 1.18 bits per heavy atom. The van der Waals surface area contributed by atoms with Crippen molar-refractivity contribution in [2.75, 3.05) is 12.4 Å². The second kappa shape index (κ2) is 9.54. The second-order valence-electron chi connectivity index (χ2n) is 3.93. The normalized spacial score (nSPS) is 12.3. The van der Waals surface area contributed by atoms with E-state index in [0.717, 1.165) is 18.5 Å². The summed E-state index contributed by atoms with van der Waals surface area (Å²) in [4.78, 5) is 4.09. The van der Waals surface area contributed by atoms with E-state index in [0.29, 0.717) is 18.1 Å². The molecule has 0 aliphatic carbocycles. The van der Waals surface area contributed by atoms with Gasteiger partial charge < -0.3 is 4.74 Å². The van der Waals surface area contributed by atoms with Gasteiger partial charge in [-0.15, -0.1) is 4.33 Å². The summed E-state index contributed by atoms with van der Waals surface area (Å²) >= 11 is 0.901. The van der Waals surface area contributed by atoms with E-state index in [2.05, 4.69) is 19.5 Å². The van der Waals surface area contributed by atoms with Gasteiger partial charge in [0.25, 0.3) is 0 Å². The van der Waals surface area contributed by atoms with Crippen LogP contribution in [0.3, 0.4) is 0 Å². The lowest BCUT2D eigenvalue weighted by molar-refractivity contribution is -0.462. The van der Waals surface area contributed by atoms with E-state index >= 15 is 0 Å². The van der Waals surface area contributed by atoms with Crippen LogP contribution in [0, 0.1) is 0 Å². The fraction of sp³-hybridized carbons (Fsp3) is 0.462. The van der Waals surface area contributed by atoms with E-state index in [1.165, 1.54) is 24.3 Å². The fourth-order valence-corrected chi connectivity index (χ4v) is 1.64. The van der Waals surface area contributed by atoms with Crippen LogP contribution in [0.5, 0.6) is 5.75 Å². The van der Waals surface area contributed by atoms with E-state index in [-0.39, 0.29) is 5.56 Å². The maximum atomic E-state index is 12.9. The molecular weight excluding hydrogens is 323 g/mol. The van der Waals surface area contributed by atoms with E-state index in [1.54, 1.807) is 6.92 Å². The zero-order valence-corrected chi connectivity index (χ0v) is 12.9. The lowest BCUT2D eigenvalue weighted by Crippen LogP contribution is -2.24. The van der Waals surface area contributed by atoms with Crippen molar-refractivity contribution in [3.8, 4) is 5.75 Å². The molecule has 0 atom stereocenters. The summed E-state index contributed by atoms with van der Waals surface area (Å²) in [5.74, 6) is 1.07. The maximum Gasteiger partial charge on any atom is 0.437 e. The average Bonchev–Trinajstić information content (AvgIpc) is 2.47. The first kappa shape index (κ1) is 18.6. The number of hydrogen-bond acceptors (Lipinski definition) is 6. The number of rotatable bonds is 9. The van der Waals surface area contributed by atoms with Crippen LogP contribution in [0.15, 0.2) is 29.4 Å². The molecule has 0 fully saturated rings. The number of benzene rings is 1. The molecule has 1 aromatic rings. The highest BCUT2D eigenvalue weighted by Crippen LogP contribution is 2.24. The minimum Gasteiger partial charge on any atom is -0.494 e. The van der Waals surface area contributed by atoms with Gasteiger partial charge in [0.15, 0.2) is 5.71 Å². The summed E-state index contributed by atoms with van der Waals surface area (Å²) in [6.07, 6.45) is -3.88. The third-order valence-electron chi connectivity index (χ3n) is 2.23. The van der Waals surface area contributed by atoms with Crippen molar-refractivity contribution in [2.24, 2.45) is 5.16 Å². The molecule has 0 unspecified atom stereocenters. The molecule has 1 rings (SSSR count). The van der Waals surface area contributed by atoms with Crippen molar-refractivity contribution in [3.05, 3.63) is 29.8 Å². The van der Waals surface area contributed by atoms with Crippen molar-refractivity contribution in [1.82, 2.24) is 0 Å². The lowest BCUT2D eigenvalue weighted by atomic mass is 10.1. The van der Waals surface area contributed by atoms with Crippen molar-refractivity contribution >= 4 is 17.8 Å². The Balaban J connectivity index is 2.71. The SMILES string of the molecule is CCCSOOO/N=C(/c1ccc(OCC)cc1)C(F)(F)F. The van der Waals surface area contributed by atoms with Crippen molar-refractivity contribution in [1.29, 1.82) is 0 Å². The molecule has 1 aromatic carbocycles. The van der Waals surface area contributed by atoms with Gasteiger partial charge in [0.05, 0.1) is 6.61 Å². The molecule has 0 radical (unpaired) electrons. The highest BCUT2D eigenvalue weighted by atomic mass is 32.2. The molecule has 22 heavy (non-hydrogen) atoms. The number of hydrogen-bond donors (Lipinski definition) is 0. The first-order valence-corrected chi connectivity index (χ1v) is 7.40. The van der Waals surface area contributed by atoms with E-state index in [9.17, 15) is 13.2 Å². The first-order valence-electron chi connectivity index (χ1n) is 6.49. The van der Waals surface area contributed by atoms with Gasteiger partial charge in [0, 0.05) is 28.4 Å². The van der Waals surface area contributed by atoms with Crippen LogP contribution in [0.25, 0.3) is 0 Å².